The van der Waals surface area contributed by atoms with E-state index < -0.39 is 0 Å². The van der Waals surface area contributed by atoms with Crippen molar-refractivity contribution in [3.8, 4) is 89.3 Å². The second-order valence-electron chi connectivity index (χ2n) is 34.6. The molecule has 0 unspecified atom stereocenters. The van der Waals surface area contributed by atoms with E-state index in [4.69, 9.17) is 17.7 Å². The normalized spacial score (nSPS) is 11.7. The first-order chi connectivity index (χ1) is 66.4. The summed E-state index contributed by atoms with van der Waals surface area (Å²) in [6.45, 7) is 0. The molecule has 0 N–H and O–H groups in total. The molecule has 0 aliphatic rings. The Morgan fingerprint density at radius 3 is 0.604 bits per heavy atom. The average molecular weight is 1710 g/mol. The molecule has 134 heavy (non-hydrogen) atoms. The molecule has 27 aromatic rings. The van der Waals surface area contributed by atoms with Gasteiger partial charge < -0.3 is 36.6 Å². The van der Waals surface area contributed by atoms with Gasteiger partial charge in [-0.1, -0.05) is 285 Å². The molecule has 0 spiro atoms. The highest BCUT2D eigenvalue weighted by molar-refractivity contribution is 6.14. The first-order valence-corrected chi connectivity index (χ1v) is 45.5. The summed E-state index contributed by atoms with van der Waals surface area (Å²) in [4.78, 5) is 4.67. The molecular formula is C126H80N4O4. The fourth-order valence-electron chi connectivity index (χ4n) is 20.2. The summed E-state index contributed by atoms with van der Waals surface area (Å²) in [5, 5.41) is 14.0. The average Bonchev–Trinajstić information content (AvgIpc) is 1.57. The van der Waals surface area contributed by atoms with E-state index >= 15 is 0 Å². The van der Waals surface area contributed by atoms with Crippen LogP contribution in [0.3, 0.4) is 0 Å². The molecule has 0 saturated heterocycles. The van der Waals surface area contributed by atoms with E-state index in [-0.39, 0.29) is 0 Å². The molecule has 0 fully saturated rings. The predicted molar refractivity (Wildman–Crippen MR) is 558 cm³/mol. The van der Waals surface area contributed by atoms with Gasteiger partial charge in [0.1, 0.15) is 44.7 Å². The second-order valence-corrected chi connectivity index (χ2v) is 34.6. The number of hydrogen-bond donors (Lipinski definition) is 0. The zero-order valence-electron chi connectivity index (χ0n) is 72.6. The Hall–Kier alpha value is -18.0. The fraction of sp³-hybridized carbons (Fsp3) is 0. The highest BCUT2D eigenvalue weighted by Gasteiger charge is 2.22. The van der Waals surface area contributed by atoms with Crippen molar-refractivity contribution < 1.29 is 17.7 Å². The van der Waals surface area contributed by atoms with Crippen molar-refractivity contribution >= 4 is 165 Å². The van der Waals surface area contributed by atoms with Crippen molar-refractivity contribution in [3.63, 3.8) is 0 Å². The summed E-state index contributed by atoms with van der Waals surface area (Å²) < 4.78 is 29.3. The first-order valence-electron chi connectivity index (χ1n) is 45.5. The van der Waals surface area contributed by atoms with E-state index in [9.17, 15) is 0 Å². The molecule has 8 nitrogen and oxygen atoms in total. The van der Waals surface area contributed by atoms with Gasteiger partial charge in [-0.05, 0) is 278 Å². The van der Waals surface area contributed by atoms with E-state index in [1.807, 2.05) is 48.5 Å². The molecule has 0 amide bonds. The monoisotopic (exact) mass is 1710 g/mol. The Labute approximate surface area is 771 Å². The topological polar surface area (TPSA) is 68.9 Å². The molecule has 0 bridgehead atoms. The lowest BCUT2D eigenvalue weighted by molar-refractivity contribution is 0.668. The smallest absolute Gasteiger partial charge is 0.135 e. The zero-order chi connectivity index (χ0) is 88.3. The standard InChI is InChI=1S/C66H42N2O2.C60H38N2O2/c1-2-10-51(11-3-1)68-61-15-7-4-12-55(61)58-40-48(28-37-62(58)68)45-20-18-43(19-21-45)44-22-31-52(32-23-44)67(53-33-24-46(25-34-53)49-29-38-65-59(41-49)56-13-5-8-16-63(56)69-65)54-35-26-47(27-36-54)50-30-39-66-60(42-50)57-14-6-9-17-64(57)70-66;1-5-13-55-49(9-1)50-10-2-6-14-56(50)62(55)48-33-19-40(20-34-48)39-17-27-45(28-18-39)61(46-29-21-41(22-30-46)43-25-35-59-53(37-43)51-11-3-7-15-57(51)63-59)47-31-23-42(24-32-47)44-26-36-60-54(38-44)52-12-4-8-16-58(52)64-60/h1-42H;1-38H. The van der Waals surface area contributed by atoms with Crippen LogP contribution in [-0.2, 0) is 0 Å². The largest absolute Gasteiger partial charge is 0.456 e. The number of rotatable bonds is 15. The summed E-state index contributed by atoms with van der Waals surface area (Å²) in [5.74, 6) is 0. The van der Waals surface area contributed by atoms with Crippen molar-refractivity contribution in [1.82, 2.24) is 9.13 Å². The number of anilines is 6. The first kappa shape index (κ1) is 77.2. The molecule has 27 rings (SSSR count). The molecule has 6 heterocycles. The minimum Gasteiger partial charge on any atom is -0.456 e. The van der Waals surface area contributed by atoms with E-state index in [1.54, 1.807) is 0 Å². The van der Waals surface area contributed by atoms with Crippen LogP contribution in [0, 0.1) is 0 Å². The van der Waals surface area contributed by atoms with Gasteiger partial charge in [0, 0.05) is 110 Å². The molecule has 0 saturated carbocycles. The van der Waals surface area contributed by atoms with E-state index in [2.05, 4.69) is 456 Å². The van der Waals surface area contributed by atoms with E-state index in [0.29, 0.717) is 0 Å². The molecule has 0 aliphatic carbocycles. The lowest BCUT2D eigenvalue weighted by atomic mass is 9.98. The molecular weight excluding hydrogens is 1630 g/mol. The Bertz CT molecular complexity index is 8830. The lowest BCUT2D eigenvalue weighted by Crippen LogP contribution is -2.09. The molecule has 6 aromatic heterocycles. The van der Waals surface area contributed by atoms with Crippen molar-refractivity contribution in [2.45, 2.75) is 0 Å². The van der Waals surface area contributed by atoms with Crippen molar-refractivity contribution in [3.05, 3.63) is 485 Å². The summed E-state index contributed by atoms with van der Waals surface area (Å²) in [6.07, 6.45) is 0. The van der Waals surface area contributed by atoms with Gasteiger partial charge in [0.15, 0.2) is 0 Å². The van der Waals surface area contributed by atoms with Gasteiger partial charge in [-0.2, -0.15) is 0 Å². The fourth-order valence-corrected chi connectivity index (χ4v) is 20.2. The number of hydrogen-bond acceptors (Lipinski definition) is 6. The number of benzene rings is 21. The van der Waals surface area contributed by atoms with Gasteiger partial charge in [-0.15, -0.1) is 0 Å². The maximum Gasteiger partial charge on any atom is 0.135 e. The third kappa shape index (κ3) is 13.5. The van der Waals surface area contributed by atoms with E-state index in [1.165, 1.54) is 71.6 Å². The molecule has 0 aliphatic heterocycles. The number of para-hydroxylation sites is 8. The maximum absolute atomic E-state index is 6.15. The van der Waals surface area contributed by atoms with Gasteiger partial charge in [0.2, 0.25) is 0 Å². The Morgan fingerprint density at radius 1 is 0.127 bits per heavy atom. The number of fused-ring (bicyclic) bond motifs is 18. The summed E-state index contributed by atoms with van der Waals surface area (Å²) in [5.41, 5.74) is 37.0. The van der Waals surface area contributed by atoms with Crippen LogP contribution in [0.15, 0.2) is 503 Å². The van der Waals surface area contributed by atoms with Crippen molar-refractivity contribution in [2.75, 3.05) is 9.80 Å². The summed E-state index contributed by atoms with van der Waals surface area (Å²) in [7, 11) is 0. The van der Waals surface area contributed by atoms with Gasteiger partial charge >= 0.3 is 0 Å². The minimum absolute atomic E-state index is 0.898. The van der Waals surface area contributed by atoms with Crippen LogP contribution in [-0.4, -0.2) is 9.13 Å². The molecule has 0 atom stereocenters. The highest BCUT2D eigenvalue weighted by atomic mass is 16.3. The molecule has 8 heteroatoms. The molecule has 21 aromatic carbocycles. The number of aromatic nitrogens is 2. The van der Waals surface area contributed by atoms with Crippen LogP contribution in [0.25, 0.3) is 221 Å². The van der Waals surface area contributed by atoms with Crippen LogP contribution in [0.5, 0.6) is 0 Å². The van der Waals surface area contributed by atoms with Crippen LogP contribution < -0.4 is 9.80 Å². The van der Waals surface area contributed by atoms with Gasteiger partial charge in [0.05, 0.1) is 22.1 Å². The lowest BCUT2D eigenvalue weighted by Gasteiger charge is -2.26. The van der Waals surface area contributed by atoms with Gasteiger partial charge in [-0.25, -0.2) is 0 Å². The third-order valence-electron chi connectivity index (χ3n) is 26.9. The Kier molecular flexibility index (Phi) is 18.5. The van der Waals surface area contributed by atoms with Crippen LogP contribution in [0.4, 0.5) is 34.1 Å². The summed E-state index contributed by atoms with van der Waals surface area (Å²) in [6, 6.07) is 174. The Morgan fingerprint density at radius 2 is 0.313 bits per heavy atom. The number of nitrogens with zero attached hydrogens (tertiary/aromatic N) is 4. The van der Waals surface area contributed by atoms with Gasteiger partial charge in [-0.3, -0.25) is 0 Å². The van der Waals surface area contributed by atoms with Gasteiger partial charge in [0.25, 0.3) is 0 Å². The molecule has 628 valence electrons. The van der Waals surface area contributed by atoms with Crippen LogP contribution >= 0.6 is 0 Å². The zero-order valence-corrected chi connectivity index (χ0v) is 72.6. The third-order valence-corrected chi connectivity index (χ3v) is 26.9. The van der Waals surface area contributed by atoms with Crippen LogP contribution in [0.1, 0.15) is 0 Å². The minimum atomic E-state index is 0.898. The van der Waals surface area contributed by atoms with Crippen molar-refractivity contribution in [1.29, 1.82) is 0 Å². The SMILES string of the molecule is c1ccc(-n2c3ccccc3c3cc(-c4ccc(-c5ccc(N(c6ccc(-c7ccc8oc9ccccc9c8c7)cc6)c6ccc(-c7ccc8oc9ccccc9c8c7)cc6)cc5)cc4)ccc32)cc1.c1ccc2c(c1)oc1ccc(-c3ccc(N(c4ccc(-c5ccc(-n6c7ccccc7c7ccccc76)cc5)cc4)c4ccc(-c5ccc6oc7ccccc7c6c5)cc4)cc3)cc12. The van der Waals surface area contributed by atoms with Crippen molar-refractivity contribution in [2.24, 2.45) is 0 Å². The number of furan rings is 4. The maximum atomic E-state index is 6.15. The van der Waals surface area contributed by atoms with E-state index in [0.717, 1.165) is 183 Å². The second kappa shape index (κ2) is 32.0. The summed E-state index contributed by atoms with van der Waals surface area (Å²) >= 11 is 0. The molecule has 0 radical (unpaired) electrons. The Balaban J connectivity index is 0.000000140. The predicted octanol–water partition coefficient (Wildman–Crippen LogP) is 35.8. The highest BCUT2D eigenvalue weighted by Crippen LogP contribution is 2.46. The quantitative estimate of drug-likeness (QED) is 0.102. The van der Waals surface area contributed by atoms with Crippen LogP contribution in [0.2, 0.25) is 0 Å².